The molecule has 2 rings (SSSR count). The second kappa shape index (κ2) is 7.52. The first-order chi connectivity index (χ1) is 12.6. The van der Waals surface area contributed by atoms with Gasteiger partial charge < -0.3 is 15.5 Å². The maximum absolute atomic E-state index is 13.5. The molecule has 0 bridgehead atoms. The quantitative estimate of drug-likeness (QED) is 0.694. The van der Waals surface area contributed by atoms with Crippen molar-refractivity contribution < 1.29 is 33.0 Å². The van der Waals surface area contributed by atoms with Gasteiger partial charge >= 0.3 is 12.1 Å². The molecule has 1 aliphatic rings. The predicted octanol–water partition coefficient (Wildman–Crippen LogP) is 2.81. The van der Waals surface area contributed by atoms with Crippen LogP contribution in [0.5, 0.6) is 0 Å². The van der Waals surface area contributed by atoms with E-state index >= 15 is 0 Å². The van der Waals surface area contributed by atoms with Gasteiger partial charge in [0.05, 0.1) is 11.3 Å². The van der Waals surface area contributed by atoms with E-state index in [2.05, 4.69) is 10.4 Å². The highest BCUT2D eigenvalue weighted by Gasteiger charge is 2.41. The molecule has 1 amide bonds. The Morgan fingerprint density at radius 3 is 2.48 bits per heavy atom. The van der Waals surface area contributed by atoms with E-state index in [9.17, 15) is 27.9 Å². The van der Waals surface area contributed by atoms with Gasteiger partial charge in [0, 0.05) is 17.3 Å². The smallest absolute Gasteiger partial charge is 0.417 e. The van der Waals surface area contributed by atoms with E-state index in [-0.39, 0.29) is 16.8 Å². The second-order valence-electron chi connectivity index (χ2n) is 5.36. The number of hydrazone groups is 1. The molecule has 0 fully saturated rings. The first kappa shape index (κ1) is 20.0. The summed E-state index contributed by atoms with van der Waals surface area (Å²) in [5.41, 5.74) is -2.09. The van der Waals surface area contributed by atoms with Gasteiger partial charge in [0.25, 0.3) is 5.91 Å². The van der Waals surface area contributed by atoms with Gasteiger partial charge in [-0.1, -0.05) is 18.2 Å². The summed E-state index contributed by atoms with van der Waals surface area (Å²) in [5, 5.41) is 26.0. The molecule has 7 nitrogen and oxygen atoms in total. The SMILES string of the molecule is C/C=N\N1C(C(=O)NCC(=O)O)=C(O)c2cccc(C(F)(F)F)c2/C1=C\C. The van der Waals surface area contributed by atoms with Gasteiger partial charge in [-0.25, -0.2) is 5.01 Å². The lowest BCUT2D eigenvalue weighted by molar-refractivity contribution is -0.138. The normalized spacial score (nSPS) is 16.0. The van der Waals surface area contributed by atoms with Crippen molar-refractivity contribution >= 4 is 29.5 Å². The number of carbonyl (C=O) groups is 2. The third-order valence-corrected chi connectivity index (χ3v) is 3.67. The van der Waals surface area contributed by atoms with Gasteiger partial charge in [0.15, 0.2) is 11.5 Å². The molecule has 1 aromatic carbocycles. The highest BCUT2D eigenvalue weighted by Crippen LogP contribution is 2.44. The summed E-state index contributed by atoms with van der Waals surface area (Å²) in [6.45, 7) is 2.20. The molecule has 0 saturated heterocycles. The molecule has 1 aromatic rings. The minimum atomic E-state index is -4.70. The summed E-state index contributed by atoms with van der Waals surface area (Å²) in [7, 11) is 0. The summed E-state index contributed by atoms with van der Waals surface area (Å²) in [6, 6.07) is 3.20. The van der Waals surface area contributed by atoms with Crippen LogP contribution in [0.15, 0.2) is 35.1 Å². The van der Waals surface area contributed by atoms with E-state index in [1.54, 1.807) is 0 Å². The molecule has 144 valence electrons. The van der Waals surface area contributed by atoms with Gasteiger partial charge in [0.2, 0.25) is 0 Å². The zero-order valence-electron chi connectivity index (χ0n) is 14.3. The van der Waals surface area contributed by atoms with E-state index in [4.69, 9.17) is 5.11 Å². The highest BCUT2D eigenvalue weighted by molar-refractivity contribution is 6.04. The fourth-order valence-electron chi connectivity index (χ4n) is 2.66. The molecular weight excluding hydrogens is 367 g/mol. The molecule has 0 aliphatic carbocycles. The Morgan fingerprint density at radius 1 is 1.30 bits per heavy atom. The molecule has 0 spiro atoms. The van der Waals surface area contributed by atoms with Crippen molar-refractivity contribution in [2.24, 2.45) is 5.10 Å². The monoisotopic (exact) mass is 383 g/mol. The van der Waals surface area contributed by atoms with Crippen molar-refractivity contribution in [3.05, 3.63) is 46.7 Å². The molecule has 0 saturated carbocycles. The van der Waals surface area contributed by atoms with Crippen LogP contribution in [0.25, 0.3) is 11.5 Å². The fourth-order valence-corrected chi connectivity index (χ4v) is 2.66. The number of alkyl halides is 3. The molecule has 3 N–H and O–H groups in total. The van der Waals surface area contributed by atoms with Crippen molar-refractivity contribution in [1.29, 1.82) is 0 Å². The molecule has 0 aromatic heterocycles. The Bertz CT molecular complexity index is 873. The van der Waals surface area contributed by atoms with Crippen molar-refractivity contribution in [2.75, 3.05) is 6.54 Å². The molecular formula is C17H16F3N3O4. The predicted molar refractivity (Wildman–Crippen MR) is 91.3 cm³/mol. The number of halogens is 3. The summed E-state index contributed by atoms with van der Waals surface area (Å²) in [5.74, 6) is -3.06. The van der Waals surface area contributed by atoms with Crippen LogP contribution in [0.1, 0.15) is 30.5 Å². The number of aliphatic carboxylic acids is 1. The lowest BCUT2D eigenvalue weighted by atomic mass is 9.92. The van der Waals surface area contributed by atoms with E-state index in [0.717, 1.165) is 17.1 Å². The van der Waals surface area contributed by atoms with E-state index in [0.29, 0.717) is 0 Å². The summed E-state index contributed by atoms with van der Waals surface area (Å²) < 4.78 is 40.4. The van der Waals surface area contributed by atoms with Gasteiger partial charge in [-0.3, -0.25) is 9.59 Å². The zero-order chi connectivity index (χ0) is 20.4. The average Bonchev–Trinajstić information content (AvgIpc) is 2.59. The molecule has 0 atom stereocenters. The molecule has 10 heteroatoms. The van der Waals surface area contributed by atoms with Crippen LogP contribution in [0.2, 0.25) is 0 Å². The van der Waals surface area contributed by atoms with Crippen LogP contribution < -0.4 is 5.32 Å². The number of amides is 1. The number of carbonyl (C=O) groups excluding carboxylic acids is 1. The van der Waals surface area contributed by atoms with Gasteiger partial charge in [-0.15, -0.1) is 0 Å². The Labute approximate surface area is 152 Å². The van der Waals surface area contributed by atoms with Crippen LogP contribution >= 0.6 is 0 Å². The number of allylic oxidation sites excluding steroid dienone is 1. The number of carboxylic acid groups (broad SMARTS) is 1. The number of aliphatic hydroxyl groups is 1. The van der Waals surface area contributed by atoms with E-state index < -0.39 is 41.6 Å². The van der Waals surface area contributed by atoms with Crippen molar-refractivity contribution in [1.82, 2.24) is 10.3 Å². The average molecular weight is 383 g/mol. The third-order valence-electron chi connectivity index (χ3n) is 3.67. The number of hydrogen-bond donors (Lipinski definition) is 3. The number of aliphatic hydroxyl groups excluding tert-OH is 1. The minimum Gasteiger partial charge on any atom is -0.505 e. The first-order valence-corrected chi connectivity index (χ1v) is 7.72. The maximum atomic E-state index is 13.5. The van der Waals surface area contributed by atoms with Gasteiger partial charge in [-0.05, 0) is 19.9 Å². The maximum Gasteiger partial charge on any atom is 0.417 e. The molecule has 0 unspecified atom stereocenters. The van der Waals surface area contributed by atoms with Crippen molar-refractivity contribution in [3.63, 3.8) is 0 Å². The van der Waals surface area contributed by atoms with Gasteiger partial charge in [0.1, 0.15) is 6.54 Å². The number of carboxylic acids is 1. The van der Waals surface area contributed by atoms with Crippen LogP contribution in [-0.2, 0) is 15.8 Å². The van der Waals surface area contributed by atoms with Crippen molar-refractivity contribution in [2.45, 2.75) is 20.0 Å². The number of hydrogen-bond acceptors (Lipinski definition) is 5. The van der Waals surface area contributed by atoms with E-state index in [1.807, 2.05) is 0 Å². The number of nitrogens with zero attached hydrogens (tertiary/aromatic N) is 2. The van der Waals surface area contributed by atoms with Gasteiger partial charge in [-0.2, -0.15) is 18.3 Å². The third kappa shape index (κ3) is 3.78. The standard InChI is InChI=1S/C17H16F3N3O4/c1-3-11-13-9(6-5-7-10(13)17(18,19)20)15(26)14(23(11)22-4-2)16(27)21-8-12(24)25/h3-7,26H,8H2,1-2H3,(H,21,27)(H,24,25)/b11-3+,22-4-. The number of nitrogens with one attached hydrogen (secondary N) is 1. The lowest BCUT2D eigenvalue weighted by Crippen LogP contribution is -2.38. The van der Waals surface area contributed by atoms with E-state index in [1.165, 1.54) is 32.2 Å². The summed E-state index contributed by atoms with van der Waals surface area (Å²) >= 11 is 0. The number of rotatable bonds is 4. The van der Waals surface area contributed by atoms with Crippen LogP contribution in [0.3, 0.4) is 0 Å². The molecule has 1 aliphatic heterocycles. The molecule has 1 heterocycles. The highest BCUT2D eigenvalue weighted by atomic mass is 19.4. The minimum absolute atomic E-state index is 0.0747. The fraction of sp³-hybridized carbons (Fsp3) is 0.235. The summed E-state index contributed by atoms with van der Waals surface area (Å²) in [4.78, 5) is 23.1. The van der Waals surface area contributed by atoms with Crippen LogP contribution in [-0.4, -0.2) is 39.9 Å². The summed E-state index contributed by atoms with van der Waals surface area (Å²) in [6.07, 6.45) is -2.16. The van der Waals surface area contributed by atoms with Crippen LogP contribution in [0.4, 0.5) is 13.2 Å². The topological polar surface area (TPSA) is 102 Å². The number of benzene rings is 1. The van der Waals surface area contributed by atoms with Crippen LogP contribution in [0, 0.1) is 0 Å². The Balaban J connectivity index is 2.77. The number of fused-ring (bicyclic) bond motifs is 1. The Hall–Kier alpha value is -3.30. The lowest BCUT2D eigenvalue weighted by Gasteiger charge is -2.32. The molecule has 27 heavy (non-hydrogen) atoms. The zero-order valence-corrected chi connectivity index (χ0v) is 14.3. The first-order valence-electron chi connectivity index (χ1n) is 7.72. The van der Waals surface area contributed by atoms with Crippen molar-refractivity contribution in [3.8, 4) is 0 Å². The Kier molecular flexibility index (Phi) is 5.58. The Morgan fingerprint density at radius 2 is 1.96 bits per heavy atom. The largest absolute Gasteiger partial charge is 0.505 e. The molecule has 0 radical (unpaired) electrons. The second-order valence-corrected chi connectivity index (χ2v) is 5.36.